The molecule has 0 unspecified atom stereocenters. The largest absolute Gasteiger partial charge is 0.311 e. The molecule has 12 rings (SSSR count). The summed E-state index contributed by atoms with van der Waals surface area (Å²) >= 11 is 0. The Kier molecular flexibility index (Phi) is 12.8. The van der Waals surface area contributed by atoms with Crippen molar-refractivity contribution in [2.45, 2.75) is 131 Å². The maximum absolute atomic E-state index is 5.97. The molecule has 0 spiro atoms. The Balaban J connectivity index is 1.23. The molecule has 0 radical (unpaired) electrons. The Morgan fingerprint density at radius 3 is 1.32 bits per heavy atom. The van der Waals surface area contributed by atoms with E-state index in [9.17, 15) is 0 Å². The third-order valence-electron chi connectivity index (χ3n) is 16.9. The van der Waals surface area contributed by atoms with Gasteiger partial charge in [0.15, 0.2) is 0 Å². The van der Waals surface area contributed by atoms with Gasteiger partial charge in [0.1, 0.15) is 11.3 Å². The molecule has 5 nitrogen and oxygen atoms in total. The first-order valence-electron chi connectivity index (χ1n) is 29.2. The van der Waals surface area contributed by atoms with E-state index in [0.29, 0.717) is 0 Å². The van der Waals surface area contributed by atoms with Gasteiger partial charge >= 0.3 is 0 Å². The lowest BCUT2D eigenvalue weighted by Crippen LogP contribution is -2.61. The molecule has 406 valence electrons. The molecule has 9 aromatic carbocycles. The average Bonchev–Trinajstić information content (AvgIpc) is 4.07. The van der Waals surface area contributed by atoms with Crippen LogP contribution >= 0.6 is 0 Å². The van der Waals surface area contributed by atoms with Crippen LogP contribution in [0.3, 0.4) is 0 Å². The zero-order chi connectivity index (χ0) is 57.1. The highest BCUT2D eigenvalue weighted by molar-refractivity contribution is 7.00. The van der Waals surface area contributed by atoms with E-state index in [0.717, 1.165) is 67.9 Å². The Bertz CT molecular complexity index is 3920. The monoisotopic (exact) mass is 1060 g/mol. The number of anilines is 9. The standard InChI is InChI=1S/C75H78BN5/c1-71(2,3)50-31-35-57(36-32-50)79-64-48-59(78(55-27-21-17-22-28-55)56-29-23-18-24-30-56)39-40-61(64)76-62-41-42-63-68(77-70(49-25-19-16-20-26-49)81(63)58-37-33-51(34-38-58)72(4,5)6)69(62)80(66-47-54(75(13,14)15)46-65(79)67(66)76)60-44-52(73(7,8)9)43-53(45-60)74(10,11)12/h16-48H,1-15H3. The number of fused-ring (bicyclic) bond motifs is 6. The normalized spacial score (nSPS) is 13.5. The minimum absolute atomic E-state index is 0.00686. The smallest absolute Gasteiger partial charge is 0.252 e. The molecule has 2 aliphatic rings. The fourth-order valence-electron chi connectivity index (χ4n) is 12.2. The third-order valence-corrected chi connectivity index (χ3v) is 16.9. The number of imidazole rings is 1. The van der Waals surface area contributed by atoms with Crippen LogP contribution in [0.2, 0.25) is 0 Å². The molecule has 0 saturated heterocycles. The Morgan fingerprint density at radius 2 is 0.815 bits per heavy atom. The first-order valence-corrected chi connectivity index (χ1v) is 29.2. The van der Waals surface area contributed by atoms with Gasteiger partial charge in [0.2, 0.25) is 0 Å². The van der Waals surface area contributed by atoms with Gasteiger partial charge in [-0.15, -0.1) is 0 Å². The summed E-state index contributed by atoms with van der Waals surface area (Å²) in [6.07, 6.45) is 0. The molecule has 2 aliphatic heterocycles. The second kappa shape index (κ2) is 19.3. The highest BCUT2D eigenvalue weighted by Crippen LogP contribution is 2.51. The molecule has 0 aliphatic carbocycles. The van der Waals surface area contributed by atoms with Gasteiger partial charge in [-0.2, -0.15) is 0 Å². The van der Waals surface area contributed by atoms with Crippen LogP contribution in [-0.4, -0.2) is 16.3 Å². The average molecular weight is 1060 g/mol. The highest BCUT2D eigenvalue weighted by Gasteiger charge is 2.46. The number of aromatic nitrogens is 2. The molecule has 0 atom stereocenters. The van der Waals surface area contributed by atoms with Crippen molar-refractivity contribution < 1.29 is 0 Å². The van der Waals surface area contributed by atoms with Crippen LogP contribution in [0.4, 0.5) is 51.2 Å². The van der Waals surface area contributed by atoms with Gasteiger partial charge < -0.3 is 14.7 Å². The van der Waals surface area contributed by atoms with Gasteiger partial charge in [0.25, 0.3) is 6.71 Å². The van der Waals surface area contributed by atoms with Crippen molar-refractivity contribution >= 4 is 85.3 Å². The van der Waals surface area contributed by atoms with Crippen molar-refractivity contribution in [3.8, 4) is 17.1 Å². The van der Waals surface area contributed by atoms with Crippen molar-refractivity contribution in [3.63, 3.8) is 0 Å². The number of para-hydroxylation sites is 2. The molecule has 10 aromatic rings. The topological polar surface area (TPSA) is 27.5 Å². The predicted octanol–water partition coefficient (Wildman–Crippen LogP) is 18.7. The van der Waals surface area contributed by atoms with Crippen molar-refractivity contribution in [2.24, 2.45) is 0 Å². The van der Waals surface area contributed by atoms with Crippen molar-refractivity contribution in [1.82, 2.24) is 9.55 Å². The van der Waals surface area contributed by atoms with E-state index < -0.39 is 0 Å². The minimum atomic E-state index is -0.217. The number of rotatable bonds is 7. The van der Waals surface area contributed by atoms with E-state index in [1.54, 1.807) is 0 Å². The second-order valence-corrected chi connectivity index (χ2v) is 27.9. The predicted molar refractivity (Wildman–Crippen MR) is 349 cm³/mol. The Hall–Kier alpha value is -8.09. The van der Waals surface area contributed by atoms with Gasteiger partial charge in [-0.25, -0.2) is 4.98 Å². The molecule has 0 fully saturated rings. The molecule has 1 aromatic heterocycles. The quantitative estimate of drug-likeness (QED) is 0.149. The van der Waals surface area contributed by atoms with Crippen LogP contribution in [0.1, 0.15) is 132 Å². The number of benzene rings is 9. The summed E-state index contributed by atoms with van der Waals surface area (Å²) in [5.74, 6) is 0.914. The molecule has 0 bridgehead atoms. The summed E-state index contributed by atoms with van der Waals surface area (Å²) in [4.78, 5) is 13.6. The lowest BCUT2D eigenvalue weighted by molar-refractivity contribution is 0.569. The van der Waals surface area contributed by atoms with E-state index in [1.807, 2.05) is 0 Å². The first kappa shape index (κ1) is 53.6. The summed E-state index contributed by atoms with van der Waals surface area (Å²) in [5.41, 5.74) is 24.1. The van der Waals surface area contributed by atoms with Crippen LogP contribution in [0, 0.1) is 0 Å². The SMILES string of the molecule is CC(C)(C)c1ccc(N2c3cc(N(c4ccccc4)c4ccccc4)ccc3B3c4ccc5c(nc(-c6ccccc6)n5-c5ccc(C(C)(C)C)cc5)c4N(c4cc(C(C)(C)C)cc(C(C)(C)C)c4)c4cc(C(C)(C)C)cc2c43)cc1. The molecule has 81 heavy (non-hydrogen) atoms. The zero-order valence-corrected chi connectivity index (χ0v) is 50.4. The zero-order valence-electron chi connectivity index (χ0n) is 50.4. The minimum Gasteiger partial charge on any atom is -0.311 e. The van der Waals surface area contributed by atoms with Crippen molar-refractivity contribution in [3.05, 3.63) is 228 Å². The number of hydrogen-bond acceptors (Lipinski definition) is 4. The maximum atomic E-state index is 5.97. The molecular weight excluding hydrogens is 982 g/mol. The molecule has 0 saturated carbocycles. The lowest BCUT2D eigenvalue weighted by Gasteiger charge is -2.45. The summed E-state index contributed by atoms with van der Waals surface area (Å²) in [7, 11) is 0. The van der Waals surface area contributed by atoms with Crippen LogP contribution in [0.5, 0.6) is 0 Å². The van der Waals surface area contributed by atoms with Gasteiger partial charge in [-0.05, 0) is 162 Å². The molecule has 0 N–H and O–H groups in total. The van der Waals surface area contributed by atoms with Gasteiger partial charge in [0.05, 0.1) is 11.2 Å². The summed E-state index contributed by atoms with van der Waals surface area (Å²) < 4.78 is 2.40. The van der Waals surface area contributed by atoms with E-state index in [-0.39, 0.29) is 33.8 Å². The van der Waals surface area contributed by atoms with Crippen LogP contribution in [0.15, 0.2) is 200 Å². The van der Waals surface area contributed by atoms with E-state index >= 15 is 0 Å². The number of hydrogen-bond donors (Lipinski definition) is 0. The number of nitrogens with zero attached hydrogens (tertiary/aromatic N) is 5. The van der Waals surface area contributed by atoms with Crippen LogP contribution in [0.25, 0.3) is 28.1 Å². The van der Waals surface area contributed by atoms with E-state index in [1.165, 1.54) is 55.6 Å². The third kappa shape index (κ3) is 9.54. The molecule has 0 amide bonds. The van der Waals surface area contributed by atoms with E-state index in [2.05, 4.69) is 323 Å². The molecular formula is C75H78BN5. The summed E-state index contributed by atoms with van der Waals surface area (Å²) in [6.45, 7) is 34.8. The highest BCUT2D eigenvalue weighted by atomic mass is 15.2. The fraction of sp³-hybridized carbons (Fsp3) is 0.267. The fourth-order valence-corrected chi connectivity index (χ4v) is 12.2. The van der Waals surface area contributed by atoms with Gasteiger partial charge in [0, 0.05) is 56.7 Å². The second-order valence-electron chi connectivity index (χ2n) is 27.9. The van der Waals surface area contributed by atoms with Gasteiger partial charge in [-0.1, -0.05) is 213 Å². The Labute approximate surface area is 483 Å². The van der Waals surface area contributed by atoms with Crippen molar-refractivity contribution in [1.29, 1.82) is 0 Å². The van der Waals surface area contributed by atoms with Gasteiger partial charge in [-0.3, -0.25) is 4.57 Å². The van der Waals surface area contributed by atoms with Crippen LogP contribution in [-0.2, 0) is 27.1 Å². The summed E-state index contributed by atoms with van der Waals surface area (Å²) in [6, 6.07) is 75.4. The lowest BCUT2D eigenvalue weighted by atomic mass is 9.33. The Morgan fingerprint density at radius 1 is 0.358 bits per heavy atom. The van der Waals surface area contributed by atoms with Crippen LogP contribution < -0.4 is 31.1 Å². The molecule has 3 heterocycles. The maximum Gasteiger partial charge on any atom is 0.252 e. The molecule has 6 heteroatoms. The first-order chi connectivity index (χ1) is 38.3. The summed E-state index contributed by atoms with van der Waals surface area (Å²) in [5, 5.41) is 0. The van der Waals surface area contributed by atoms with E-state index in [4.69, 9.17) is 4.98 Å². The van der Waals surface area contributed by atoms with Crippen molar-refractivity contribution in [2.75, 3.05) is 14.7 Å².